The van der Waals surface area contributed by atoms with Gasteiger partial charge in [-0.15, -0.1) is 22.7 Å². The molecule has 0 unspecified atom stereocenters. The van der Waals surface area contributed by atoms with Crippen LogP contribution in [0.3, 0.4) is 0 Å². The fourth-order valence-electron chi connectivity index (χ4n) is 3.29. The third-order valence-electron chi connectivity index (χ3n) is 4.67. The van der Waals surface area contributed by atoms with Gasteiger partial charge in [-0.05, 0) is 22.9 Å². The minimum absolute atomic E-state index is 0.0318. The maximum atomic E-state index is 13.1. The van der Waals surface area contributed by atoms with E-state index >= 15 is 0 Å². The lowest BCUT2D eigenvalue weighted by atomic mass is 10.1. The van der Waals surface area contributed by atoms with Crippen LogP contribution in [0.15, 0.2) is 57.7 Å². The van der Waals surface area contributed by atoms with Gasteiger partial charge in [-0.25, -0.2) is 15.0 Å². The molecule has 146 valence electrons. The van der Waals surface area contributed by atoms with Crippen molar-refractivity contribution in [3.8, 4) is 0 Å². The number of hydrazone groups is 1. The number of hydrogen-bond acceptors (Lipinski definition) is 8. The number of hydrogen-bond donors (Lipinski definition) is 0. The molecule has 5 rings (SSSR count). The Morgan fingerprint density at radius 1 is 1.24 bits per heavy atom. The van der Waals surface area contributed by atoms with Gasteiger partial charge in [0.1, 0.15) is 11.4 Å². The number of thioether (sulfide) groups is 1. The predicted octanol–water partition coefficient (Wildman–Crippen LogP) is 3.96. The first-order valence-corrected chi connectivity index (χ1v) is 11.7. The van der Waals surface area contributed by atoms with Crippen LogP contribution < -0.4 is 0 Å². The van der Waals surface area contributed by atoms with Crippen molar-refractivity contribution in [2.24, 2.45) is 12.1 Å². The SMILES string of the molecule is Cn1ncc2c(SCC(=O)N3N=C(c4cccs4)C[C@H]3c3cccs3)ncnc21. The Hall–Kier alpha value is -2.56. The smallest absolute Gasteiger partial charge is 0.253 e. The molecule has 0 fully saturated rings. The van der Waals surface area contributed by atoms with Crippen molar-refractivity contribution in [3.05, 3.63) is 57.3 Å². The van der Waals surface area contributed by atoms with E-state index in [2.05, 4.69) is 27.2 Å². The Morgan fingerprint density at radius 3 is 2.90 bits per heavy atom. The van der Waals surface area contributed by atoms with Gasteiger partial charge in [-0.3, -0.25) is 9.48 Å². The molecule has 10 heteroatoms. The number of thiophene rings is 2. The minimum atomic E-state index is -0.0518. The van der Waals surface area contributed by atoms with Gasteiger partial charge in [0.05, 0.1) is 34.0 Å². The fraction of sp³-hybridized carbons (Fsp3) is 0.211. The number of carbonyl (C=O) groups is 1. The van der Waals surface area contributed by atoms with Crippen molar-refractivity contribution < 1.29 is 4.79 Å². The third kappa shape index (κ3) is 3.47. The molecule has 1 aliphatic heterocycles. The topological polar surface area (TPSA) is 76.3 Å². The molecule has 4 aromatic rings. The van der Waals surface area contributed by atoms with Gasteiger partial charge >= 0.3 is 0 Å². The largest absolute Gasteiger partial charge is 0.272 e. The maximum absolute atomic E-state index is 13.1. The zero-order chi connectivity index (χ0) is 19.8. The number of amides is 1. The molecule has 5 heterocycles. The van der Waals surface area contributed by atoms with E-state index in [4.69, 9.17) is 5.10 Å². The van der Waals surface area contributed by atoms with Gasteiger partial charge in [-0.2, -0.15) is 10.2 Å². The van der Waals surface area contributed by atoms with E-state index in [1.807, 2.05) is 29.9 Å². The summed E-state index contributed by atoms with van der Waals surface area (Å²) in [5.41, 5.74) is 1.72. The number of aryl methyl sites for hydroxylation is 1. The van der Waals surface area contributed by atoms with Crippen LogP contribution in [0.4, 0.5) is 0 Å². The Bertz CT molecular complexity index is 1180. The molecule has 0 bridgehead atoms. The molecule has 0 spiro atoms. The van der Waals surface area contributed by atoms with Crippen molar-refractivity contribution in [1.29, 1.82) is 0 Å². The lowest BCUT2D eigenvalue weighted by Gasteiger charge is -2.20. The van der Waals surface area contributed by atoms with Crippen molar-refractivity contribution in [3.63, 3.8) is 0 Å². The van der Waals surface area contributed by atoms with E-state index < -0.39 is 0 Å². The molecule has 0 N–H and O–H groups in total. The number of fused-ring (bicyclic) bond motifs is 1. The Balaban J connectivity index is 1.39. The summed E-state index contributed by atoms with van der Waals surface area (Å²) in [7, 11) is 1.84. The molecule has 1 amide bonds. The fourth-order valence-corrected chi connectivity index (χ4v) is 5.63. The van der Waals surface area contributed by atoms with Crippen LogP contribution in [0.5, 0.6) is 0 Å². The van der Waals surface area contributed by atoms with Crippen LogP contribution in [0, 0.1) is 0 Å². The molecule has 29 heavy (non-hydrogen) atoms. The first-order chi connectivity index (χ1) is 14.2. The van der Waals surface area contributed by atoms with Gasteiger partial charge in [-0.1, -0.05) is 23.9 Å². The lowest BCUT2D eigenvalue weighted by molar-refractivity contribution is -0.130. The van der Waals surface area contributed by atoms with Crippen molar-refractivity contribution in [2.75, 3.05) is 5.75 Å². The number of aromatic nitrogens is 4. The number of nitrogens with zero attached hydrogens (tertiary/aromatic N) is 6. The van der Waals surface area contributed by atoms with Crippen LogP contribution in [-0.4, -0.2) is 42.1 Å². The van der Waals surface area contributed by atoms with Crippen LogP contribution >= 0.6 is 34.4 Å². The molecule has 0 saturated carbocycles. The molecule has 0 aromatic carbocycles. The summed E-state index contributed by atoms with van der Waals surface area (Å²) in [6.45, 7) is 0. The van der Waals surface area contributed by atoms with E-state index in [1.165, 1.54) is 18.1 Å². The first-order valence-electron chi connectivity index (χ1n) is 8.93. The van der Waals surface area contributed by atoms with E-state index in [-0.39, 0.29) is 17.7 Å². The van der Waals surface area contributed by atoms with Gasteiger partial charge in [0.2, 0.25) is 0 Å². The van der Waals surface area contributed by atoms with Crippen LogP contribution in [-0.2, 0) is 11.8 Å². The standard InChI is InChI=1S/C19H16N6OS3/c1-24-18-12(9-22-24)19(21-11-20-18)29-10-17(26)25-14(16-5-3-7-28-16)8-13(23-25)15-4-2-6-27-15/h2-7,9,11,14H,8,10H2,1H3/t14-/m0/s1. The predicted molar refractivity (Wildman–Crippen MR) is 116 cm³/mol. The molecule has 4 aromatic heterocycles. The van der Waals surface area contributed by atoms with E-state index in [0.717, 1.165) is 37.9 Å². The van der Waals surface area contributed by atoms with Crippen LogP contribution in [0.25, 0.3) is 11.0 Å². The monoisotopic (exact) mass is 440 g/mol. The average Bonchev–Trinajstić information content (AvgIpc) is 3.52. The van der Waals surface area contributed by atoms with E-state index in [1.54, 1.807) is 38.6 Å². The van der Waals surface area contributed by atoms with E-state index in [0.29, 0.717) is 0 Å². The summed E-state index contributed by atoms with van der Waals surface area (Å²) in [5.74, 6) is 0.222. The zero-order valence-electron chi connectivity index (χ0n) is 15.4. The Kier molecular flexibility index (Phi) is 4.90. The second-order valence-corrected chi connectivity index (χ2v) is 9.36. The van der Waals surface area contributed by atoms with Crippen molar-refractivity contribution in [1.82, 2.24) is 24.8 Å². The molecule has 0 saturated heterocycles. The number of carbonyl (C=O) groups excluding carboxylic acids is 1. The summed E-state index contributed by atoms with van der Waals surface area (Å²) < 4.78 is 1.70. The summed E-state index contributed by atoms with van der Waals surface area (Å²) in [5, 5.41) is 16.3. The quantitative estimate of drug-likeness (QED) is 0.347. The van der Waals surface area contributed by atoms with Gasteiger partial charge < -0.3 is 0 Å². The average molecular weight is 441 g/mol. The zero-order valence-corrected chi connectivity index (χ0v) is 17.9. The van der Waals surface area contributed by atoms with Crippen molar-refractivity contribution in [2.45, 2.75) is 17.5 Å². The highest BCUT2D eigenvalue weighted by atomic mass is 32.2. The maximum Gasteiger partial charge on any atom is 0.253 e. The highest BCUT2D eigenvalue weighted by Gasteiger charge is 2.34. The summed E-state index contributed by atoms with van der Waals surface area (Å²) in [4.78, 5) is 24.0. The van der Waals surface area contributed by atoms with Crippen LogP contribution in [0.2, 0.25) is 0 Å². The molecular formula is C19H16N6OS3. The van der Waals surface area contributed by atoms with Gasteiger partial charge in [0, 0.05) is 18.3 Å². The van der Waals surface area contributed by atoms with Crippen LogP contribution in [0.1, 0.15) is 22.2 Å². The molecule has 0 radical (unpaired) electrons. The van der Waals surface area contributed by atoms with E-state index in [9.17, 15) is 4.79 Å². The second kappa shape index (κ2) is 7.69. The minimum Gasteiger partial charge on any atom is -0.272 e. The van der Waals surface area contributed by atoms with Gasteiger partial charge in [0.25, 0.3) is 5.91 Å². The van der Waals surface area contributed by atoms with Gasteiger partial charge in [0.15, 0.2) is 5.65 Å². The Labute approximate surface area is 179 Å². The summed E-state index contributed by atoms with van der Waals surface area (Å²) in [6, 6.07) is 8.10. The molecule has 0 aliphatic carbocycles. The first kappa shape index (κ1) is 18.5. The van der Waals surface area contributed by atoms with Crippen molar-refractivity contribution >= 4 is 57.1 Å². The highest BCUT2D eigenvalue weighted by Crippen LogP contribution is 2.36. The summed E-state index contributed by atoms with van der Waals surface area (Å²) >= 11 is 4.71. The Morgan fingerprint density at radius 2 is 2.10 bits per heavy atom. The molecule has 1 aliphatic rings. The molecule has 1 atom stereocenters. The molecule has 7 nitrogen and oxygen atoms in total. The highest BCUT2D eigenvalue weighted by molar-refractivity contribution is 8.00. The number of rotatable bonds is 5. The third-order valence-corrected chi connectivity index (χ3v) is 7.55. The molecular weight excluding hydrogens is 424 g/mol. The normalized spacial score (nSPS) is 16.5. The lowest BCUT2D eigenvalue weighted by Crippen LogP contribution is -2.28. The summed E-state index contributed by atoms with van der Waals surface area (Å²) in [6.07, 6.45) is 3.98. The second-order valence-electron chi connectivity index (χ2n) is 6.47.